The molecule has 7 heteroatoms. The summed E-state index contributed by atoms with van der Waals surface area (Å²) in [7, 11) is 0. The average molecular weight is 460 g/mol. The van der Waals surface area contributed by atoms with Crippen LogP contribution in [0.15, 0.2) is 48.5 Å². The van der Waals surface area contributed by atoms with Gasteiger partial charge in [-0.25, -0.2) is 0 Å². The van der Waals surface area contributed by atoms with Crippen molar-refractivity contribution in [3.05, 3.63) is 75.4 Å². The molecule has 1 N–H and O–H groups in total. The Morgan fingerprint density at radius 2 is 1.81 bits per heavy atom. The van der Waals surface area contributed by atoms with Gasteiger partial charge >= 0.3 is 0 Å². The topological polar surface area (TPSA) is 56.2 Å². The second-order valence-corrected chi connectivity index (χ2v) is 8.85. The van der Waals surface area contributed by atoms with Crippen molar-refractivity contribution in [1.82, 2.24) is 9.78 Å². The number of nitrogens with zero attached hydrogens (tertiary/aromatic N) is 2. The van der Waals surface area contributed by atoms with E-state index in [1.54, 1.807) is 6.07 Å². The zero-order valence-electron chi connectivity index (χ0n) is 18.0. The number of carbonyl (C=O) groups is 1. The van der Waals surface area contributed by atoms with Crippen LogP contribution in [0, 0.1) is 12.8 Å². The highest BCUT2D eigenvalue weighted by molar-refractivity contribution is 6.30. The Kier molecular flexibility index (Phi) is 7.99. The number of hydrogen-bond donors (Lipinski definition) is 1. The van der Waals surface area contributed by atoms with Crippen molar-refractivity contribution < 1.29 is 9.53 Å². The van der Waals surface area contributed by atoms with Gasteiger partial charge in [0, 0.05) is 33.8 Å². The molecule has 0 unspecified atom stereocenters. The Hall–Kier alpha value is -2.50. The summed E-state index contributed by atoms with van der Waals surface area (Å²) in [5.41, 5.74) is 2.86. The highest BCUT2D eigenvalue weighted by atomic mass is 35.5. The lowest BCUT2D eigenvalue weighted by atomic mass is 10.1. The van der Waals surface area contributed by atoms with Gasteiger partial charge in [0.1, 0.15) is 12.4 Å². The summed E-state index contributed by atoms with van der Waals surface area (Å²) in [6.07, 6.45) is 1.34. The van der Waals surface area contributed by atoms with Gasteiger partial charge in [-0.15, -0.1) is 0 Å². The molecular formula is C24H27Cl2N3O2. The van der Waals surface area contributed by atoms with Crippen LogP contribution in [0.5, 0.6) is 5.75 Å². The summed E-state index contributed by atoms with van der Waals surface area (Å²) in [5, 5.41) is 8.74. The third kappa shape index (κ3) is 7.01. The van der Waals surface area contributed by atoms with Gasteiger partial charge in [0.25, 0.3) is 0 Å². The lowest BCUT2D eigenvalue weighted by molar-refractivity contribution is -0.116. The van der Waals surface area contributed by atoms with Crippen molar-refractivity contribution in [1.29, 1.82) is 0 Å². The minimum absolute atomic E-state index is 0.0203. The van der Waals surface area contributed by atoms with Gasteiger partial charge in [0.2, 0.25) is 5.91 Å². The number of benzene rings is 2. The Labute approximate surface area is 193 Å². The van der Waals surface area contributed by atoms with E-state index in [0.29, 0.717) is 41.4 Å². The number of nitrogens with one attached hydrogen (secondary N) is 1. The van der Waals surface area contributed by atoms with E-state index in [1.165, 1.54) is 0 Å². The highest BCUT2D eigenvalue weighted by Gasteiger charge is 2.12. The third-order valence-electron chi connectivity index (χ3n) is 4.85. The number of aromatic nitrogens is 2. The maximum atomic E-state index is 12.1. The van der Waals surface area contributed by atoms with Crippen LogP contribution >= 0.6 is 23.2 Å². The van der Waals surface area contributed by atoms with Crippen LogP contribution < -0.4 is 10.1 Å². The molecule has 0 saturated heterocycles. The largest absolute Gasteiger partial charge is 0.489 e. The second-order valence-electron chi connectivity index (χ2n) is 7.98. The van der Waals surface area contributed by atoms with Crippen molar-refractivity contribution in [2.24, 2.45) is 5.92 Å². The van der Waals surface area contributed by atoms with E-state index in [4.69, 9.17) is 27.9 Å². The summed E-state index contributed by atoms with van der Waals surface area (Å²) in [6, 6.07) is 15.0. The van der Waals surface area contributed by atoms with E-state index >= 15 is 0 Å². The van der Waals surface area contributed by atoms with Crippen molar-refractivity contribution >= 4 is 34.9 Å². The summed E-state index contributed by atoms with van der Waals surface area (Å²) in [6.45, 7) is 7.05. The molecule has 0 fully saturated rings. The van der Waals surface area contributed by atoms with Crippen molar-refractivity contribution in [2.75, 3.05) is 5.32 Å². The van der Waals surface area contributed by atoms with Crippen LogP contribution in [0.25, 0.3) is 0 Å². The molecule has 31 heavy (non-hydrogen) atoms. The summed E-state index contributed by atoms with van der Waals surface area (Å²) in [4.78, 5) is 12.1. The number of anilines is 1. The van der Waals surface area contributed by atoms with Gasteiger partial charge in [-0.3, -0.25) is 9.48 Å². The quantitative estimate of drug-likeness (QED) is 0.397. The minimum Gasteiger partial charge on any atom is -0.489 e. The van der Waals surface area contributed by atoms with Gasteiger partial charge < -0.3 is 10.1 Å². The van der Waals surface area contributed by atoms with Crippen LogP contribution in [-0.2, 0) is 17.9 Å². The van der Waals surface area contributed by atoms with E-state index < -0.39 is 0 Å². The molecule has 1 aromatic heterocycles. The Bertz CT molecular complexity index is 1030. The van der Waals surface area contributed by atoms with Crippen LogP contribution in [-0.4, -0.2) is 15.7 Å². The van der Waals surface area contributed by atoms with Crippen molar-refractivity contribution in [3.8, 4) is 5.75 Å². The van der Waals surface area contributed by atoms with Gasteiger partial charge in [0.15, 0.2) is 5.82 Å². The molecule has 2 aromatic carbocycles. The van der Waals surface area contributed by atoms with E-state index in [0.717, 1.165) is 29.0 Å². The van der Waals surface area contributed by atoms with Gasteiger partial charge in [0.05, 0.1) is 6.54 Å². The molecule has 3 aromatic rings. The number of carbonyl (C=O) groups excluding carboxylic acids is 1. The first-order chi connectivity index (χ1) is 14.8. The van der Waals surface area contributed by atoms with Crippen molar-refractivity contribution in [2.45, 2.75) is 46.8 Å². The molecule has 0 radical (unpaired) electrons. The zero-order valence-corrected chi connectivity index (χ0v) is 19.5. The molecule has 0 saturated carbocycles. The number of ether oxygens (including phenoxy) is 1. The third-order valence-corrected chi connectivity index (χ3v) is 5.33. The molecule has 1 heterocycles. The lowest BCUT2D eigenvalue weighted by Crippen LogP contribution is -2.13. The monoisotopic (exact) mass is 459 g/mol. The zero-order chi connectivity index (χ0) is 22.4. The SMILES string of the molecule is Cc1cc(NC(=O)CCC(C)C)nn1Cc1cc(Cl)ccc1OCc1ccc(Cl)cc1. The molecule has 164 valence electrons. The minimum atomic E-state index is -0.0203. The Balaban J connectivity index is 1.70. The standard InChI is InChI=1S/C24H27Cl2N3O2/c1-16(2)4-11-24(30)27-23-12-17(3)29(28-23)14-19-13-21(26)9-10-22(19)31-15-18-5-7-20(25)8-6-18/h5-10,12-13,16H,4,11,14-15H2,1-3H3,(H,27,28,30). The van der Waals surface area contributed by atoms with E-state index in [-0.39, 0.29) is 5.91 Å². The fraction of sp³-hybridized carbons (Fsp3) is 0.333. The summed E-state index contributed by atoms with van der Waals surface area (Å²) >= 11 is 12.2. The maximum absolute atomic E-state index is 12.1. The van der Waals surface area contributed by atoms with E-state index in [2.05, 4.69) is 24.3 Å². The van der Waals surface area contributed by atoms with Crippen molar-refractivity contribution in [3.63, 3.8) is 0 Å². The highest BCUT2D eigenvalue weighted by Crippen LogP contribution is 2.26. The second kappa shape index (κ2) is 10.7. The first kappa shape index (κ1) is 23.2. The fourth-order valence-electron chi connectivity index (χ4n) is 3.07. The van der Waals surface area contributed by atoms with Crippen LogP contribution in [0.1, 0.15) is 43.5 Å². The number of hydrogen-bond acceptors (Lipinski definition) is 3. The number of amides is 1. The molecule has 0 aliphatic rings. The molecule has 3 rings (SSSR count). The van der Waals surface area contributed by atoms with E-state index in [9.17, 15) is 4.79 Å². The summed E-state index contributed by atoms with van der Waals surface area (Å²) < 4.78 is 7.88. The first-order valence-electron chi connectivity index (χ1n) is 10.3. The van der Waals surface area contributed by atoms with Gasteiger partial charge in [-0.2, -0.15) is 5.10 Å². The predicted molar refractivity (Wildman–Crippen MR) is 126 cm³/mol. The molecular weight excluding hydrogens is 433 g/mol. The normalized spacial score (nSPS) is 11.0. The van der Waals surface area contributed by atoms with E-state index in [1.807, 2.05) is 54.1 Å². The predicted octanol–water partition coefficient (Wildman–Crippen LogP) is 6.50. The number of aryl methyl sites for hydroxylation is 1. The van der Waals surface area contributed by atoms with Gasteiger partial charge in [-0.05, 0) is 55.2 Å². The molecule has 0 atom stereocenters. The molecule has 1 amide bonds. The molecule has 0 aliphatic heterocycles. The maximum Gasteiger partial charge on any atom is 0.225 e. The smallest absolute Gasteiger partial charge is 0.225 e. The Morgan fingerprint density at radius 1 is 1.10 bits per heavy atom. The molecule has 0 aliphatic carbocycles. The van der Waals surface area contributed by atoms with Crippen LogP contribution in [0.4, 0.5) is 5.82 Å². The lowest BCUT2D eigenvalue weighted by Gasteiger charge is -2.13. The number of halogens is 2. The Morgan fingerprint density at radius 3 is 2.52 bits per heavy atom. The number of rotatable bonds is 9. The first-order valence-corrected chi connectivity index (χ1v) is 11.1. The average Bonchev–Trinajstić information content (AvgIpc) is 3.05. The van der Waals surface area contributed by atoms with Crippen LogP contribution in [0.2, 0.25) is 10.0 Å². The molecule has 0 bridgehead atoms. The molecule has 0 spiro atoms. The van der Waals surface area contributed by atoms with Crippen LogP contribution in [0.3, 0.4) is 0 Å². The summed E-state index contributed by atoms with van der Waals surface area (Å²) in [5.74, 6) is 1.75. The van der Waals surface area contributed by atoms with Gasteiger partial charge in [-0.1, -0.05) is 49.2 Å². The molecule has 5 nitrogen and oxygen atoms in total. The fourth-order valence-corrected chi connectivity index (χ4v) is 3.39.